The van der Waals surface area contributed by atoms with E-state index in [-0.39, 0.29) is 24.5 Å². The lowest BCUT2D eigenvalue weighted by Crippen LogP contribution is -2.46. The monoisotopic (exact) mass is 438 g/mol. The zero-order valence-corrected chi connectivity index (χ0v) is 18.7. The molecule has 7 heteroatoms. The van der Waals surface area contributed by atoms with Gasteiger partial charge in [-0.1, -0.05) is 32.6 Å². The maximum Gasteiger partial charge on any atom is 0.330 e. The summed E-state index contributed by atoms with van der Waals surface area (Å²) in [5.74, 6) is -0.399. The van der Waals surface area contributed by atoms with E-state index in [2.05, 4.69) is 11.9 Å². The van der Waals surface area contributed by atoms with Crippen LogP contribution in [-0.2, 0) is 9.53 Å². The van der Waals surface area contributed by atoms with Gasteiger partial charge in [-0.25, -0.2) is 4.79 Å². The molecule has 2 amide bonds. The maximum absolute atomic E-state index is 13.1. The fourth-order valence-electron chi connectivity index (χ4n) is 4.02. The number of hydrogen-bond acceptors (Lipinski definition) is 6. The molecule has 0 bridgehead atoms. The molecular formula is C25H30N2O5. The summed E-state index contributed by atoms with van der Waals surface area (Å²) < 4.78 is 10.8. The van der Waals surface area contributed by atoms with Gasteiger partial charge < -0.3 is 14.8 Å². The van der Waals surface area contributed by atoms with Gasteiger partial charge in [0.05, 0.1) is 13.2 Å². The van der Waals surface area contributed by atoms with Crippen molar-refractivity contribution < 1.29 is 23.9 Å². The van der Waals surface area contributed by atoms with Gasteiger partial charge in [-0.2, -0.15) is 0 Å². The van der Waals surface area contributed by atoms with Crippen LogP contribution in [0.25, 0.3) is 10.8 Å². The van der Waals surface area contributed by atoms with Gasteiger partial charge in [0.1, 0.15) is 5.75 Å². The van der Waals surface area contributed by atoms with E-state index in [1.165, 1.54) is 4.90 Å². The highest BCUT2D eigenvalue weighted by Crippen LogP contribution is 2.35. The molecule has 0 saturated carbocycles. The number of nitrogens with zero attached hydrogens (tertiary/aromatic N) is 1. The largest absolute Gasteiger partial charge is 0.493 e. The fraction of sp³-hybridized carbons (Fsp3) is 0.400. The Morgan fingerprint density at radius 3 is 2.59 bits per heavy atom. The summed E-state index contributed by atoms with van der Waals surface area (Å²) in [5.41, 5.74) is 1.04. The smallest absolute Gasteiger partial charge is 0.330 e. The van der Waals surface area contributed by atoms with Crippen LogP contribution < -0.4 is 10.1 Å². The van der Waals surface area contributed by atoms with Crippen LogP contribution in [0.5, 0.6) is 5.75 Å². The molecule has 0 aliphatic carbocycles. The Balaban J connectivity index is 0.00000141. The van der Waals surface area contributed by atoms with E-state index >= 15 is 0 Å². The second-order valence-corrected chi connectivity index (χ2v) is 7.43. The van der Waals surface area contributed by atoms with Gasteiger partial charge in [-0.05, 0) is 37.6 Å². The molecule has 2 aliphatic rings. The molecule has 1 saturated heterocycles. The molecule has 0 spiro atoms. The van der Waals surface area contributed by atoms with Crippen molar-refractivity contribution in [2.45, 2.75) is 39.2 Å². The first-order valence-electron chi connectivity index (χ1n) is 11.2. The van der Waals surface area contributed by atoms with Gasteiger partial charge in [0, 0.05) is 47.0 Å². The summed E-state index contributed by atoms with van der Waals surface area (Å²) in [5, 5.41) is 4.71. The van der Waals surface area contributed by atoms with Gasteiger partial charge >= 0.3 is 5.97 Å². The van der Waals surface area contributed by atoms with Gasteiger partial charge in [0.25, 0.3) is 11.8 Å². The number of benzene rings is 2. The SMILES string of the molecule is C=CC(=O)OCCCOc1ccc2c3c(cccc13)C(=O)N(CC1CCCN1)C2=O.CC. The summed E-state index contributed by atoms with van der Waals surface area (Å²) in [6, 6.07) is 9.05. The molecule has 0 aromatic heterocycles. The molecule has 2 aromatic carbocycles. The Hall–Kier alpha value is -3.19. The van der Waals surface area contributed by atoms with Gasteiger partial charge in [-0.15, -0.1) is 0 Å². The molecule has 32 heavy (non-hydrogen) atoms. The van der Waals surface area contributed by atoms with Crippen LogP contribution in [0.4, 0.5) is 0 Å². The van der Waals surface area contributed by atoms with Crippen LogP contribution in [0.3, 0.4) is 0 Å². The molecule has 2 heterocycles. The minimum Gasteiger partial charge on any atom is -0.493 e. The van der Waals surface area contributed by atoms with Crippen LogP contribution in [0, 0.1) is 0 Å². The second kappa shape index (κ2) is 10.9. The molecule has 4 rings (SSSR count). The van der Waals surface area contributed by atoms with Crippen molar-refractivity contribution in [1.29, 1.82) is 0 Å². The predicted molar refractivity (Wildman–Crippen MR) is 123 cm³/mol. The second-order valence-electron chi connectivity index (χ2n) is 7.43. The van der Waals surface area contributed by atoms with Crippen LogP contribution in [0.15, 0.2) is 43.0 Å². The normalized spacial score (nSPS) is 17.1. The number of rotatable bonds is 8. The molecule has 1 N–H and O–H groups in total. The van der Waals surface area contributed by atoms with Crippen molar-refractivity contribution in [2.75, 3.05) is 26.3 Å². The van der Waals surface area contributed by atoms with Crippen molar-refractivity contribution in [3.8, 4) is 5.75 Å². The number of ether oxygens (including phenoxy) is 2. The van der Waals surface area contributed by atoms with E-state index in [1.54, 1.807) is 24.3 Å². The quantitative estimate of drug-likeness (QED) is 0.293. The molecule has 7 nitrogen and oxygen atoms in total. The van der Waals surface area contributed by atoms with Gasteiger partial charge in [0.2, 0.25) is 0 Å². The van der Waals surface area contributed by atoms with Gasteiger partial charge in [0.15, 0.2) is 0 Å². The van der Waals surface area contributed by atoms with Crippen molar-refractivity contribution in [2.24, 2.45) is 0 Å². The first-order chi connectivity index (χ1) is 15.6. The van der Waals surface area contributed by atoms with Crippen molar-refractivity contribution in [3.05, 3.63) is 54.1 Å². The molecular weight excluding hydrogens is 408 g/mol. The standard InChI is InChI=1S/C23H24N2O5.C2H6/c1-2-20(26)30-13-5-12-29-19-10-9-18-21-16(19)7-3-8-17(21)22(27)25(23(18)28)14-15-6-4-11-24-15;1-2/h2-3,7-10,15,24H,1,4-6,11-14H2;1-2H3. The molecule has 0 radical (unpaired) electrons. The van der Waals surface area contributed by atoms with E-state index in [0.29, 0.717) is 41.8 Å². The van der Waals surface area contributed by atoms with Crippen LogP contribution >= 0.6 is 0 Å². The number of carbonyl (C=O) groups is 3. The summed E-state index contributed by atoms with van der Waals surface area (Å²) >= 11 is 0. The topological polar surface area (TPSA) is 84.9 Å². The molecule has 2 aromatic rings. The molecule has 1 fully saturated rings. The summed E-state index contributed by atoms with van der Waals surface area (Å²) in [7, 11) is 0. The molecule has 1 unspecified atom stereocenters. The third kappa shape index (κ3) is 4.83. The average molecular weight is 439 g/mol. The lowest BCUT2D eigenvalue weighted by molar-refractivity contribution is -0.137. The summed E-state index contributed by atoms with van der Waals surface area (Å²) in [4.78, 5) is 38.6. The van der Waals surface area contributed by atoms with E-state index in [1.807, 2.05) is 19.9 Å². The van der Waals surface area contributed by atoms with E-state index in [9.17, 15) is 14.4 Å². The van der Waals surface area contributed by atoms with E-state index in [4.69, 9.17) is 9.47 Å². The number of nitrogens with one attached hydrogen (secondary N) is 1. The fourth-order valence-corrected chi connectivity index (χ4v) is 4.02. The van der Waals surface area contributed by atoms with E-state index in [0.717, 1.165) is 30.8 Å². The Morgan fingerprint density at radius 1 is 1.16 bits per heavy atom. The average Bonchev–Trinajstić information content (AvgIpc) is 3.34. The molecule has 1 atom stereocenters. The number of amides is 2. The zero-order valence-electron chi connectivity index (χ0n) is 18.7. The zero-order chi connectivity index (χ0) is 23.1. The minimum atomic E-state index is -0.467. The maximum atomic E-state index is 13.1. The third-order valence-electron chi connectivity index (χ3n) is 5.47. The number of esters is 1. The molecule has 170 valence electrons. The first-order valence-corrected chi connectivity index (χ1v) is 11.2. The first kappa shape index (κ1) is 23.5. The van der Waals surface area contributed by atoms with E-state index < -0.39 is 5.97 Å². The highest BCUT2D eigenvalue weighted by molar-refractivity contribution is 6.26. The van der Waals surface area contributed by atoms with Crippen LogP contribution in [0.2, 0.25) is 0 Å². The molecule has 2 aliphatic heterocycles. The Kier molecular flexibility index (Phi) is 8.00. The van der Waals surface area contributed by atoms with Crippen molar-refractivity contribution >= 4 is 28.6 Å². The highest BCUT2D eigenvalue weighted by Gasteiger charge is 2.35. The lowest BCUT2D eigenvalue weighted by atomic mass is 9.93. The van der Waals surface area contributed by atoms with Crippen LogP contribution in [-0.4, -0.2) is 55.0 Å². The number of imide groups is 1. The predicted octanol–water partition coefficient (Wildman–Crippen LogP) is 3.71. The summed E-state index contributed by atoms with van der Waals surface area (Å²) in [6.07, 6.45) is 3.65. The minimum absolute atomic E-state index is 0.149. The van der Waals surface area contributed by atoms with Crippen molar-refractivity contribution in [1.82, 2.24) is 10.2 Å². The Morgan fingerprint density at radius 2 is 1.91 bits per heavy atom. The van der Waals surface area contributed by atoms with Crippen LogP contribution in [0.1, 0.15) is 53.8 Å². The van der Waals surface area contributed by atoms with Crippen molar-refractivity contribution in [3.63, 3.8) is 0 Å². The third-order valence-corrected chi connectivity index (χ3v) is 5.47. The highest BCUT2D eigenvalue weighted by atomic mass is 16.5. The Bertz CT molecular complexity index is 989. The Labute approximate surface area is 188 Å². The lowest BCUT2D eigenvalue weighted by Gasteiger charge is -2.29. The number of carbonyl (C=O) groups excluding carboxylic acids is 3. The summed E-state index contributed by atoms with van der Waals surface area (Å²) in [6.45, 7) is 9.22. The number of hydrogen-bond donors (Lipinski definition) is 1. The van der Waals surface area contributed by atoms with Gasteiger partial charge in [-0.3, -0.25) is 14.5 Å².